The predicted molar refractivity (Wildman–Crippen MR) is 51.8 cm³/mol. The van der Waals surface area contributed by atoms with Crippen LogP contribution in [0.15, 0.2) is 18.5 Å². The van der Waals surface area contributed by atoms with Crippen molar-refractivity contribution in [1.82, 2.24) is 9.97 Å². The Balaban J connectivity index is 2.66. The zero-order valence-electron chi connectivity index (χ0n) is 7.70. The van der Waals surface area contributed by atoms with Crippen molar-refractivity contribution in [2.45, 2.75) is 19.8 Å². The molecule has 68 valence electrons. The molecule has 2 rings (SSSR count). The normalized spacial score (nSPS) is 11.3. The van der Waals surface area contributed by atoms with Crippen molar-refractivity contribution in [3.8, 4) is 5.88 Å². The molecule has 0 atom stereocenters. The average molecular weight is 176 g/mol. The van der Waals surface area contributed by atoms with Crippen LogP contribution in [-0.4, -0.2) is 15.1 Å². The molecule has 0 saturated heterocycles. The fourth-order valence-corrected chi connectivity index (χ4v) is 1.33. The molecule has 0 amide bonds. The number of H-pyrrole nitrogens is 1. The van der Waals surface area contributed by atoms with E-state index in [0.29, 0.717) is 5.92 Å². The van der Waals surface area contributed by atoms with Crippen molar-refractivity contribution in [3.05, 3.63) is 24.0 Å². The summed E-state index contributed by atoms with van der Waals surface area (Å²) in [6.07, 6.45) is 3.55. The first-order chi connectivity index (χ1) is 6.18. The topological polar surface area (TPSA) is 48.9 Å². The Morgan fingerprint density at radius 1 is 1.46 bits per heavy atom. The van der Waals surface area contributed by atoms with Crippen molar-refractivity contribution < 1.29 is 5.11 Å². The molecule has 0 bridgehead atoms. The summed E-state index contributed by atoms with van der Waals surface area (Å²) in [7, 11) is 0. The molecule has 0 aliphatic heterocycles. The highest BCUT2D eigenvalue weighted by atomic mass is 16.3. The van der Waals surface area contributed by atoms with Gasteiger partial charge in [0.15, 0.2) is 5.88 Å². The number of fused-ring (bicyclic) bond motifs is 1. The third kappa shape index (κ3) is 1.26. The third-order valence-corrected chi connectivity index (χ3v) is 2.21. The molecule has 0 spiro atoms. The van der Waals surface area contributed by atoms with E-state index in [1.54, 1.807) is 6.20 Å². The predicted octanol–water partition coefficient (Wildman–Crippen LogP) is 2.39. The molecule has 0 radical (unpaired) electrons. The monoisotopic (exact) mass is 176 g/mol. The lowest BCUT2D eigenvalue weighted by Gasteiger charge is -2.03. The summed E-state index contributed by atoms with van der Waals surface area (Å²) in [6.45, 7) is 4.21. The molecule has 2 heterocycles. The van der Waals surface area contributed by atoms with E-state index in [4.69, 9.17) is 0 Å². The quantitative estimate of drug-likeness (QED) is 0.700. The molecular weight excluding hydrogens is 164 g/mol. The van der Waals surface area contributed by atoms with Crippen molar-refractivity contribution in [2.75, 3.05) is 0 Å². The molecule has 3 nitrogen and oxygen atoms in total. The smallest absolute Gasteiger partial charge is 0.198 e. The van der Waals surface area contributed by atoms with Crippen LogP contribution < -0.4 is 0 Å². The molecule has 13 heavy (non-hydrogen) atoms. The highest BCUT2D eigenvalue weighted by Crippen LogP contribution is 2.25. The highest BCUT2D eigenvalue weighted by molar-refractivity contribution is 5.84. The number of aromatic hydroxyl groups is 1. The maximum Gasteiger partial charge on any atom is 0.198 e. The Hall–Kier alpha value is -1.51. The number of rotatable bonds is 1. The second kappa shape index (κ2) is 2.76. The zero-order valence-corrected chi connectivity index (χ0v) is 7.70. The maximum absolute atomic E-state index is 9.42. The Bertz CT molecular complexity index is 431. The van der Waals surface area contributed by atoms with Crippen LogP contribution >= 0.6 is 0 Å². The second-order valence-electron chi connectivity index (χ2n) is 3.49. The fourth-order valence-electron chi connectivity index (χ4n) is 1.33. The van der Waals surface area contributed by atoms with E-state index in [1.807, 2.05) is 12.3 Å². The minimum absolute atomic E-state index is 0.199. The Kier molecular flexibility index (Phi) is 1.72. The molecule has 2 aromatic heterocycles. The molecule has 0 fully saturated rings. The Morgan fingerprint density at radius 2 is 2.23 bits per heavy atom. The van der Waals surface area contributed by atoms with E-state index < -0.39 is 0 Å². The van der Waals surface area contributed by atoms with Gasteiger partial charge in [0, 0.05) is 12.4 Å². The van der Waals surface area contributed by atoms with Crippen LogP contribution in [0.1, 0.15) is 25.3 Å². The van der Waals surface area contributed by atoms with Gasteiger partial charge in [-0.15, -0.1) is 0 Å². The van der Waals surface area contributed by atoms with Crippen LogP contribution in [0, 0.1) is 0 Å². The first-order valence-electron chi connectivity index (χ1n) is 4.34. The van der Waals surface area contributed by atoms with E-state index in [2.05, 4.69) is 23.8 Å². The fraction of sp³-hybridized carbons (Fsp3) is 0.300. The van der Waals surface area contributed by atoms with Crippen LogP contribution in [0.5, 0.6) is 5.88 Å². The van der Waals surface area contributed by atoms with Gasteiger partial charge in [0.25, 0.3) is 0 Å². The minimum atomic E-state index is 0.199. The van der Waals surface area contributed by atoms with Gasteiger partial charge >= 0.3 is 0 Å². The molecule has 2 aromatic rings. The molecule has 3 heteroatoms. The largest absolute Gasteiger partial charge is 0.494 e. The number of hydrogen-bond acceptors (Lipinski definition) is 2. The van der Waals surface area contributed by atoms with Gasteiger partial charge in [0.05, 0.1) is 10.9 Å². The van der Waals surface area contributed by atoms with Crippen molar-refractivity contribution in [3.63, 3.8) is 0 Å². The van der Waals surface area contributed by atoms with Gasteiger partial charge in [-0.25, -0.2) is 0 Å². The standard InChI is InChI=1S/C10H12N2O/c1-6(2)7-3-8-9(11-4-7)5-12-10(8)13/h3-6,12-13H,1-2H3. The van der Waals surface area contributed by atoms with E-state index in [9.17, 15) is 5.11 Å². The molecule has 0 aromatic carbocycles. The Morgan fingerprint density at radius 3 is 2.92 bits per heavy atom. The van der Waals surface area contributed by atoms with Crippen molar-refractivity contribution in [2.24, 2.45) is 0 Å². The van der Waals surface area contributed by atoms with Crippen LogP contribution in [0.25, 0.3) is 10.9 Å². The number of nitrogens with zero attached hydrogens (tertiary/aromatic N) is 1. The third-order valence-electron chi connectivity index (χ3n) is 2.21. The van der Waals surface area contributed by atoms with E-state index >= 15 is 0 Å². The van der Waals surface area contributed by atoms with Crippen LogP contribution in [0.4, 0.5) is 0 Å². The van der Waals surface area contributed by atoms with Crippen LogP contribution in [0.2, 0.25) is 0 Å². The summed E-state index contributed by atoms with van der Waals surface area (Å²) < 4.78 is 0. The van der Waals surface area contributed by atoms with Gasteiger partial charge in [-0.1, -0.05) is 13.8 Å². The summed E-state index contributed by atoms with van der Waals surface area (Å²) >= 11 is 0. The molecule has 0 aliphatic carbocycles. The van der Waals surface area contributed by atoms with E-state index in [-0.39, 0.29) is 5.88 Å². The summed E-state index contributed by atoms with van der Waals surface area (Å²) in [4.78, 5) is 6.97. The molecule has 0 unspecified atom stereocenters. The van der Waals surface area contributed by atoms with Gasteiger partial charge in [0.1, 0.15) is 0 Å². The highest BCUT2D eigenvalue weighted by Gasteiger charge is 2.05. The molecular formula is C10H12N2O. The second-order valence-corrected chi connectivity index (χ2v) is 3.49. The van der Waals surface area contributed by atoms with E-state index in [1.165, 1.54) is 0 Å². The summed E-state index contributed by atoms with van der Waals surface area (Å²) in [5.41, 5.74) is 1.95. The van der Waals surface area contributed by atoms with Crippen molar-refractivity contribution in [1.29, 1.82) is 0 Å². The van der Waals surface area contributed by atoms with Crippen LogP contribution in [-0.2, 0) is 0 Å². The van der Waals surface area contributed by atoms with Crippen molar-refractivity contribution >= 4 is 10.9 Å². The number of aromatic nitrogens is 2. The zero-order chi connectivity index (χ0) is 9.42. The number of pyridine rings is 1. The lowest BCUT2D eigenvalue weighted by atomic mass is 10.0. The first-order valence-corrected chi connectivity index (χ1v) is 4.34. The Labute approximate surface area is 76.4 Å². The summed E-state index contributed by atoms with van der Waals surface area (Å²) in [6, 6.07) is 1.97. The van der Waals surface area contributed by atoms with Gasteiger partial charge in [0.2, 0.25) is 0 Å². The average Bonchev–Trinajstić information content (AvgIpc) is 2.47. The summed E-state index contributed by atoms with van der Waals surface area (Å²) in [5, 5.41) is 10.2. The first kappa shape index (κ1) is 8.10. The SMILES string of the molecule is CC(C)c1cnc2c[nH]c(O)c2c1. The van der Waals surface area contributed by atoms with Gasteiger partial charge in [-0.3, -0.25) is 4.98 Å². The minimum Gasteiger partial charge on any atom is -0.494 e. The van der Waals surface area contributed by atoms with Gasteiger partial charge < -0.3 is 10.1 Å². The number of hydrogen-bond donors (Lipinski definition) is 2. The van der Waals surface area contributed by atoms with Crippen LogP contribution in [0.3, 0.4) is 0 Å². The molecule has 0 aliphatic rings. The number of nitrogens with one attached hydrogen (secondary N) is 1. The lowest BCUT2D eigenvalue weighted by molar-refractivity contribution is 0.462. The molecule has 2 N–H and O–H groups in total. The van der Waals surface area contributed by atoms with Gasteiger partial charge in [-0.2, -0.15) is 0 Å². The van der Waals surface area contributed by atoms with E-state index in [0.717, 1.165) is 16.5 Å². The maximum atomic E-state index is 9.42. The number of aromatic amines is 1. The summed E-state index contributed by atoms with van der Waals surface area (Å²) in [5.74, 6) is 0.635. The van der Waals surface area contributed by atoms with Gasteiger partial charge in [-0.05, 0) is 17.5 Å². The molecule has 0 saturated carbocycles. The lowest BCUT2D eigenvalue weighted by Crippen LogP contribution is -1.87.